The van der Waals surface area contributed by atoms with Crippen LogP contribution >= 0.6 is 0 Å². The quantitative estimate of drug-likeness (QED) is 0.169. The maximum absolute atomic E-state index is 13.2. The maximum atomic E-state index is 13.2. The minimum Gasteiger partial charge on any atom is -0.456 e. The Hall–Kier alpha value is -3.62. The Bertz CT molecular complexity index is 1530. The molecule has 0 saturated carbocycles. The van der Waals surface area contributed by atoms with Crippen molar-refractivity contribution in [3.63, 3.8) is 0 Å². The topological polar surface area (TPSA) is 165 Å². The molecule has 0 aromatic carbocycles. The summed E-state index contributed by atoms with van der Waals surface area (Å²) < 4.78 is 37.0. The molecule has 1 fully saturated rings. The first kappa shape index (κ1) is 36.7. The van der Waals surface area contributed by atoms with Crippen LogP contribution in [-0.2, 0) is 49.9 Å². The van der Waals surface area contributed by atoms with Crippen LogP contribution in [0.5, 0.6) is 0 Å². The molecule has 4 aliphatic rings. The summed E-state index contributed by atoms with van der Waals surface area (Å²) in [5.41, 5.74) is 0.918. The van der Waals surface area contributed by atoms with Gasteiger partial charge in [-0.2, -0.15) is 0 Å². The highest BCUT2D eigenvalue weighted by molar-refractivity contribution is 5.86. The van der Waals surface area contributed by atoms with Crippen molar-refractivity contribution in [3.05, 3.63) is 59.7 Å². The third-order valence-corrected chi connectivity index (χ3v) is 9.87. The van der Waals surface area contributed by atoms with Gasteiger partial charge in [-0.15, -0.1) is 0 Å². The molecule has 1 aliphatic carbocycles. The summed E-state index contributed by atoms with van der Waals surface area (Å²) in [7, 11) is 1.84. The van der Waals surface area contributed by atoms with Crippen LogP contribution < -0.4 is 0 Å². The molecule has 1 aromatic heterocycles. The number of allylic oxidation sites excluding steroid dienone is 3. The van der Waals surface area contributed by atoms with E-state index in [-0.39, 0.29) is 36.9 Å². The third-order valence-electron chi connectivity index (χ3n) is 9.87. The van der Waals surface area contributed by atoms with Gasteiger partial charge in [0.2, 0.25) is 5.79 Å². The molecule has 0 amide bonds. The van der Waals surface area contributed by atoms with Crippen LogP contribution in [0.2, 0.25) is 0 Å². The van der Waals surface area contributed by atoms with Gasteiger partial charge in [-0.1, -0.05) is 31.6 Å². The number of aliphatic hydroxyl groups excluding tert-OH is 1. The first-order valence-corrected chi connectivity index (χ1v) is 16.7. The van der Waals surface area contributed by atoms with Crippen molar-refractivity contribution in [2.24, 2.45) is 30.7 Å². The lowest BCUT2D eigenvalue weighted by atomic mass is 9.65. The van der Waals surface area contributed by atoms with Gasteiger partial charge < -0.3 is 43.2 Å². The summed E-state index contributed by atoms with van der Waals surface area (Å²) in [5, 5.41) is 22.7. The number of fused-ring (bicyclic) bond motifs is 3. The molecule has 2 N–H and O–H groups in total. The summed E-state index contributed by atoms with van der Waals surface area (Å²) in [6, 6.07) is 0. The van der Waals surface area contributed by atoms with E-state index in [2.05, 4.69) is 31.8 Å². The molecule has 10 atom stereocenters. The number of rotatable bonds is 9. The fraction of sp³-hybridized carbons (Fsp3) is 0.611. The van der Waals surface area contributed by atoms with Crippen LogP contribution in [0.15, 0.2) is 54.1 Å². The van der Waals surface area contributed by atoms with E-state index in [1.807, 2.05) is 13.1 Å². The number of imidazole rings is 1. The molecule has 268 valence electrons. The molecule has 1 saturated heterocycles. The number of carbonyl (C=O) groups is 3. The lowest BCUT2D eigenvalue weighted by molar-refractivity contribution is -0.279. The Labute approximate surface area is 286 Å². The predicted molar refractivity (Wildman–Crippen MR) is 175 cm³/mol. The van der Waals surface area contributed by atoms with Gasteiger partial charge in [0.15, 0.2) is 18.5 Å². The normalized spacial score (nSPS) is 36.9. The molecule has 13 nitrogen and oxygen atoms in total. The van der Waals surface area contributed by atoms with Gasteiger partial charge in [-0.25, -0.2) is 9.78 Å². The molecular weight excluding hydrogens is 636 g/mol. The highest BCUT2D eigenvalue weighted by Gasteiger charge is 2.53. The molecule has 3 aliphatic heterocycles. The molecule has 2 bridgehead atoms. The van der Waals surface area contributed by atoms with Crippen LogP contribution in [0.3, 0.4) is 0 Å². The molecule has 49 heavy (non-hydrogen) atoms. The first-order chi connectivity index (χ1) is 23.1. The van der Waals surface area contributed by atoms with Gasteiger partial charge >= 0.3 is 17.9 Å². The second kappa shape index (κ2) is 14.7. The Morgan fingerprint density at radius 1 is 1.14 bits per heavy atom. The van der Waals surface area contributed by atoms with Crippen molar-refractivity contribution < 1.29 is 53.0 Å². The molecule has 0 radical (unpaired) electrons. The Morgan fingerprint density at radius 2 is 1.86 bits per heavy atom. The van der Waals surface area contributed by atoms with E-state index in [0.29, 0.717) is 17.7 Å². The molecule has 5 rings (SSSR count). The van der Waals surface area contributed by atoms with Crippen molar-refractivity contribution >= 4 is 24.0 Å². The molecular formula is C36H48N2O11. The Balaban J connectivity index is 1.47. The standard InChI is InChI=1S/C36H48N2O11/c1-20(2)26-10-8-21(3)27-15-30(48-31(42)11-9-25-16-38(7)19-37-25)35(6)12-13-36(43,49-35)24(14-28(26)27)17-44-34-33(47-23(5)40)32(46-22(4)39)29(41)18-45-34/h8-9,11-14,16,19-20,26-30,32-34,41,43H,10,15,17-18H2,1-7H3/b11-9+,24-14-/t26-,27+,28-,29-,30+,32-,33+,34-,35+,36-/m1/s1. The second-order valence-electron chi connectivity index (χ2n) is 14.0. The lowest BCUT2D eigenvalue weighted by Crippen LogP contribution is -2.57. The summed E-state index contributed by atoms with van der Waals surface area (Å²) in [4.78, 5) is 41.3. The smallest absolute Gasteiger partial charge is 0.331 e. The number of aromatic nitrogens is 2. The van der Waals surface area contributed by atoms with E-state index in [0.717, 1.165) is 12.0 Å². The van der Waals surface area contributed by atoms with Crippen molar-refractivity contribution in [3.8, 4) is 0 Å². The highest BCUT2D eigenvalue weighted by atomic mass is 16.7. The van der Waals surface area contributed by atoms with Crippen molar-refractivity contribution in [1.29, 1.82) is 0 Å². The largest absolute Gasteiger partial charge is 0.456 e. The number of aryl methyl sites for hydroxylation is 1. The lowest BCUT2D eigenvalue weighted by Gasteiger charge is -2.41. The minimum atomic E-state index is -1.95. The first-order valence-electron chi connectivity index (χ1n) is 16.7. The average molecular weight is 685 g/mol. The number of aliphatic hydroxyl groups is 2. The van der Waals surface area contributed by atoms with E-state index in [1.165, 1.54) is 26.0 Å². The zero-order chi connectivity index (χ0) is 35.7. The predicted octanol–water partition coefficient (Wildman–Crippen LogP) is 3.16. The van der Waals surface area contributed by atoms with E-state index < -0.39 is 60.0 Å². The zero-order valence-electron chi connectivity index (χ0n) is 29.1. The van der Waals surface area contributed by atoms with Crippen molar-refractivity contribution in [1.82, 2.24) is 9.55 Å². The van der Waals surface area contributed by atoms with Gasteiger partial charge in [0, 0.05) is 38.7 Å². The number of ether oxygens (including phenoxy) is 6. The van der Waals surface area contributed by atoms with E-state index in [9.17, 15) is 24.6 Å². The van der Waals surface area contributed by atoms with Crippen molar-refractivity contribution in [2.75, 3.05) is 13.2 Å². The average Bonchev–Trinajstić information content (AvgIpc) is 3.59. The Kier molecular flexibility index (Phi) is 11.0. The Morgan fingerprint density at radius 3 is 2.51 bits per heavy atom. The van der Waals surface area contributed by atoms with Crippen LogP contribution in [0.1, 0.15) is 60.1 Å². The van der Waals surface area contributed by atoms with Gasteiger partial charge in [-0.05, 0) is 68.6 Å². The monoisotopic (exact) mass is 684 g/mol. The van der Waals surface area contributed by atoms with Gasteiger partial charge in [0.05, 0.1) is 25.2 Å². The summed E-state index contributed by atoms with van der Waals surface area (Å²) >= 11 is 0. The van der Waals surface area contributed by atoms with Crippen LogP contribution in [0.25, 0.3) is 6.08 Å². The molecule has 0 unspecified atom stereocenters. The minimum absolute atomic E-state index is 0.0614. The molecule has 1 aromatic rings. The van der Waals surface area contributed by atoms with Crippen LogP contribution in [-0.4, -0.2) is 93.0 Å². The van der Waals surface area contributed by atoms with Crippen LogP contribution in [0.4, 0.5) is 0 Å². The van der Waals surface area contributed by atoms with Gasteiger partial charge in [0.25, 0.3) is 0 Å². The van der Waals surface area contributed by atoms with Gasteiger partial charge in [-0.3, -0.25) is 9.59 Å². The number of nitrogens with zero attached hydrogens (tertiary/aromatic N) is 2. The molecule has 0 spiro atoms. The number of hydrogen-bond donors (Lipinski definition) is 2. The number of esters is 3. The maximum Gasteiger partial charge on any atom is 0.331 e. The highest BCUT2D eigenvalue weighted by Crippen LogP contribution is 2.49. The summed E-state index contributed by atoms with van der Waals surface area (Å²) in [6.45, 7) is 10.1. The third kappa shape index (κ3) is 8.24. The zero-order valence-corrected chi connectivity index (χ0v) is 29.1. The fourth-order valence-corrected chi connectivity index (χ4v) is 7.27. The summed E-state index contributed by atoms with van der Waals surface area (Å²) in [6.07, 6.45) is 9.28. The molecule has 13 heteroatoms. The van der Waals surface area contributed by atoms with Crippen molar-refractivity contribution in [2.45, 2.75) is 96.5 Å². The van der Waals surface area contributed by atoms with Crippen LogP contribution in [0, 0.1) is 23.7 Å². The summed E-state index contributed by atoms with van der Waals surface area (Å²) in [5.74, 6) is -3.57. The van der Waals surface area contributed by atoms with Gasteiger partial charge in [0.1, 0.15) is 17.8 Å². The van der Waals surface area contributed by atoms with E-state index in [4.69, 9.17) is 28.4 Å². The van der Waals surface area contributed by atoms with E-state index >= 15 is 0 Å². The number of carbonyl (C=O) groups excluding carboxylic acids is 3. The second-order valence-corrected chi connectivity index (χ2v) is 14.0. The van der Waals surface area contributed by atoms with E-state index in [1.54, 1.807) is 36.2 Å². The fourth-order valence-electron chi connectivity index (χ4n) is 7.27. The SMILES string of the molecule is CC(=O)O[C@@H]1[C@H](OC/C2=C/[C@@H]3[C@@H](C(C)C)CC=C(C)[C@@H]3C[C@H](OC(=O)/C=C/c3cn(C)cn3)[C@]3(C)C=C[C@@]2(O)O3)OC[C@@H](O)[C@H]1OC(C)=O. The molecule has 4 heterocycles. The number of hydrogen-bond acceptors (Lipinski definition) is 12.